The van der Waals surface area contributed by atoms with Crippen molar-refractivity contribution in [3.8, 4) is 11.4 Å². The van der Waals surface area contributed by atoms with Crippen molar-refractivity contribution in [3.63, 3.8) is 0 Å². The van der Waals surface area contributed by atoms with Gasteiger partial charge in [0, 0.05) is 24.3 Å². The molecule has 0 spiro atoms. The number of carbonyl (C=O) groups is 1. The van der Waals surface area contributed by atoms with Gasteiger partial charge in [0.2, 0.25) is 5.91 Å². The third kappa shape index (κ3) is 4.41. The molecule has 1 aromatic heterocycles. The van der Waals surface area contributed by atoms with Crippen LogP contribution >= 0.6 is 0 Å². The lowest BCUT2D eigenvalue weighted by atomic mass is 10.1. The Labute approximate surface area is 158 Å². The molecule has 6 nitrogen and oxygen atoms in total. The molecule has 6 heteroatoms. The van der Waals surface area contributed by atoms with Crippen LogP contribution in [-0.4, -0.2) is 28.2 Å². The largest absolute Gasteiger partial charge is 0.380 e. The smallest absolute Gasteiger partial charge is 0.228 e. The van der Waals surface area contributed by atoms with Gasteiger partial charge in [-0.25, -0.2) is 4.98 Å². The molecular formula is C21H22N4O2. The van der Waals surface area contributed by atoms with Gasteiger partial charge >= 0.3 is 0 Å². The molecule has 1 aliphatic rings. The number of amides is 1. The molecule has 3 aromatic rings. The van der Waals surface area contributed by atoms with Crippen LogP contribution < -0.4 is 5.32 Å². The summed E-state index contributed by atoms with van der Waals surface area (Å²) in [5.74, 6) is 2.09. The monoisotopic (exact) mass is 362 g/mol. The Hall–Kier alpha value is -2.99. The van der Waals surface area contributed by atoms with Gasteiger partial charge in [-0.2, -0.15) is 5.10 Å². The maximum absolute atomic E-state index is 12.4. The topological polar surface area (TPSA) is 79.9 Å². The maximum Gasteiger partial charge on any atom is 0.228 e. The van der Waals surface area contributed by atoms with E-state index < -0.39 is 0 Å². The summed E-state index contributed by atoms with van der Waals surface area (Å²) in [5, 5.41) is 10.3. The first kappa shape index (κ1) is 17.4. The van der Waals surface area contributed by atoms with Crippen LogP contribution in [-0.2, 0) is 22.6 Å². The van der Waals surface area contributed by atoms with Crippen LogP contribution in [0.2, 0.25) is 0 Å². The number of benzene rings is 2. The van der Waals surface area contributed by atoms with E-state index in [0.29, 0.717) is 24.8 Å². The second-order valence-corrected chi connectivity index (χ2v) is 6.88. The van der Waals surface area contributed by atoms with Crippen molar-refractivity contribution < 1.29 is 9.53 Å². The highest BCUT2D eigenvalue weighted by Crippen LogP contribution is 2.38. The Morgan fingerprint density at radius 1 is 1.19 bits per heavy atom. The summed E-state index contributed by atoms with van der Waals surface area (Å²) in [6.07, 6.45) is 2.67. The summed E-state index contributed by atoms with van der Waals surface area (Å²) >= 11 is 0. The summed E-state index contributed by atoms with van der Waals surface area (Å²) in [6, 6.07) is 15.5. The standard InChI is InChI=1S/C21H22N4O2/c1-27-13-15-5-2-4-14(10-15)11-19(26)22-18-7-3-6-17(12-18)21-23-20(24-25-21)16-8-9-16/h2-7,10,12,16H,8-9,11,13H2,1H3,(H,22,26)(H,23,24,25). The Bertz CT molecular complexity index is 947. The lowest BCUT2D eigenvalue weighted by molar-refractivity contribution is -0.115. The van der Waals surface area contributed by atoms with Gasteiger partial charge in [0.1, 0.15) is 5.82 Å². The predicted octanol–water partition coefficient (Wildman–Crippen LogP) is 3.68. The summed E-state index contributed by atoms with van der Waals surface area (Å²) in [5.41, 5.74) is 3.64. The minimum atomic E-state index is -0.0598. The van der Waals surface area contributed by atoms with Gasteiger partial charge in [-0.05, 0) is 36.1 Å². The predicted molar refractivity (Wildman–Crippen MR) is 103 cm³/mol. The van der Waals surface area contributed by atoms with E-state index in [9.17, 15) is 4.79 Å². The van der Waals surface area contributed by atoms with E-state index in [-0.39, 0.29) is 5.91 Å². The highest BCUT2D eigenvalue weighted by molar-refractivity contribution is 5.92. The third-order valence-electron chi connectivity index (χ3n) is 4.54. The average Bonchev–Trinajstić information content (AvgIpc) is 3.39. The first-order valence-electron chi connectivity index (χ1n) is 9.10. The van der Waals surface area contributed by atoms with E-state index in [1.807, 2.05) is 48.5 Å². The molecule has 138 valence electrons. The van der Waals surface area contributed by atoms with E-state index in [4.69, 9.17) is 4.74 Å². The summed E-state index contributed by atoms with van der Waals surface area (Å²) in [6.45, 7) is 0.539. The van der Waals surface area contributed by atoms with Crippen molar-refractivity contribution >= 4 is 11.6 Å². The zero-order valence-corrected chi connectivity index (χ0v) is 15.2. The molecular weight excluding hydrogens is 340 g/mol. The third-order valence-corrected chi connectivity index (χ3v) is 4.54. The number of hydrogen-bond donors (Lipinski definition) is 2. The number of ether oxygens (including phenoxy) is 1. The van der Waals surface area contributed by atoms with Crippen LogP contribution in [0.25, 0.3) is 11.4 Å². The van der Waals surface area contributed by atoms with Gasteiger partial charge < -0.3 is 10.1 Å². The molecule has 0 saturated heterocycles. The summed E-state index contributed by atoms with van der Waals surface area (Å²) in [7, 11) is 1.66. The molecule has 0 radical (unpaired) electrons. The van der Waals surface area contributed by atoms with Crippen molar-refractivity contribution in [1.82, 2.24) is 15.2 Å². The molecule has 1 heterocycles. The molecule has 0 bridgehead atoms. The molecule has 0 aliphatic heterocycles. The highest BCUT2D eigenvalue weighted by atomic mass is 16.5. The molecule has 1 aliphatic carbocycles. The van der Waals surface area contributed by atoms with Crippen molar-refractivity contribution in [2.45, 2.75) is 31.8 Å². The molecule has 1 fully saturated rings. The zero-order chi connectivity index (χ0) is 18.6. The minimum absolute atomic E-state index is 0.0598. The zero-order valence-electron chi connectivity index (χ0n) is 15.2. The Balaban J connectivity index is 1.42. The number of methoxy groups -OCH3 is 1. The van der Waals surface area contributed by atoms with Gasteiger partial charge in [-0.3, -0.25) is 9.89 Å². The quantitative estimate of drug-likeness (QED) is 0.672. The number of rotatable bonds is 7. The van der Waals surface area contributed by atoms with Crippen LogP contribution in [0.15, 0.2) is 48.5 Å². The lowest BCUT2D eigenvalue weighted by Gasteiger charge is -2.08. The van der Waals surface area contributed by atoms with Crippen LogP contribution in [0.3, 0.4) is 0 Å². The molecule has 2 aromatic carbocycles. The van der Waals surface area contributed by atoms with Gasteiger partial charge in [0.25, 0.3) is 0 Å². The normalized spacial score (nSPS) is 13.5. The van der Waals surface area contributed by atoms with Crippen molar-refractivity contribution in [2.24, 2.45) is 0 Å². The maximum atomic E-state index is 12.4. The Morgan fingerprint density at radius 2 is 2.00 bits per heavy atom. The van der Waals surface area contributed by atoms with Crippen LogP contribution in [0.4, 0.5) is 5.69 Å². The second-order valence-electron chi connectivity index (χ2n) is 6.88. The summed E-state index contributed by atoms with van der Waals surface area (Å²) in [4.78, 5) is 17.0. The summed E-state index contributed by atoms with van der Waals surface area (Å²) < 4.78 is 5.14. The number of aromatic nitrogens is 3. The fraction of sp³-hybridized carbons (Fsp3) is 0.286. The number of nitrogens with zero attached hydrogens (tertiary/aromatic N) is 2. The van der Waals surface area contributed by atoms with Crippen LogP contribution in [0, 0.1) is 0 Å². The Kier molecular flexibility index (Phi) is 4.98. The lowest BCUT2D eigenvalue weighted by Crippen LogP contribution is -2.14. The van der Waals surface area contributed by atoms with Crippen molar-refractivity contribution in [2.75, 3.05) is 12.4 Å². The number of H-pyrrole nitrogens is 1. The second kappa shape index (κ2) is 7.72. The molecule has 4 rings (SSSR count). The van der Waals surface area contributed by atoms with E-state index in [2.05, 4.69) is 20.5 Å². The van der Waals surface area contributed by atoms with Crippen molar-refractivity contribution in [3.05, 3.63) is 65.5 Å². The number of aromatic amines is 1. The molecule has 27 heavy (non-hydrogen) atoms. The van der Waals surface area contributed by atoms with Gasteiger partial charge in [0.15, 0.2) is 5.82 Å². The SMILES string of the molecule is COCc1cccc(CC(=O)Nc2cccc(-c3n[nH]c(C4CC4)n3)c2)c1. The first-order valence-corrected chi connectivity index (χ1v) is 9.10. The van der Waals surface area contributed by atoms with Crippen LogP contribution in [0.1, 0.15) is 35.7 Å². The number of hydrogen-bond acceptors (Lipinski definition) is 4. The molecule has 1 amide bonds. The minimum Gasteiger partial charge on any atom is -0.380 e. The van der Waals surface area contributed by atoms with E-state index in [0.717, 1.165) is 28.2 Å². The van der Waals surface area contributed by atoms with E-state index >= 15 is 0 Å². The fourth-order valence-electron chi connectivity index (χ4n) is 3.07. The van der Waals surface area contributed by atoms with Crippen molar-refractivity contribution in [1.29, 1.82) is 0 Å². The Morgan fingerprint density at radius 3 is 2.81 bits per heavy atom. The first-order chi connectivity index (χ1) is 13.2. The number of nitrogens with one attached hydrogen (secondary N) is 2. The molecule has 0 atom stereocenters. The van der Waals surface area contributed by atoms with Crippen LogP contribution in [0.5, 0.6) is 0 Å². The van der Waals surface area contributed by atoms with Gasteiger partial charge in [0.05, 0.1) is 13.0 Å². The number of carbonyl (C=O) groups excluding carboxylic acids is 1. The molecule has 2 N–H and O–H groups in total. The average molecular weight is 362 g/mol. The fourth-order valence-corrected chi connectivity index (χ4v) is 3.07. The molecule has 0 unspecified atom stereocenters. The van der Waals surface area contributed by atoms with E-state index in [1.165, 1.54) is 12.8 Å². The van der Waals surface area contributed by atoms with Gasteiger partial charge in [-0.15, -0.1) is 0 Å². The molecule has 1 saturated carbocycles. The van der Waals surface area contributed by atoms with Gasteiger partial charge in [-0.1, -0.05) is 36.4 Å². The highest BCUT2D eigenvalue weighted by Gasteiger charge is 2.27. The van der Waals surface area contributed by atoms with E-state index in [1.54, 1.807) is 7.11 Å². The number of anilines is 1.